The van der Waals surface area contributed by atoms with Gasteiger partial charge in [0.2, 0.25) is 0 Å². The second kappa shape index (κ2) is 2.89. The van der Waals surface area contributed by atoms with Crippen molar-refractivity contribution in [3.8, 4) is 0 Å². The summed E-state index contributed by atoms with van der Waals surface area (Å²) in [6.07, 6.45) is 0. The fourth-order valence-corrected chi connectivity index (χ4v) is 2.04. The smallest absolute Gasteiger partial charge is 0.257 e. The molecule has 0 aromatic heterocycles. The van der Waals surface area contributed by atoms with Crippen molar-refractivity contribution in [2.24, 2.45) is 0 Å². The van der Waals surface area contributed by atoms with Gasteiger partial charge in [0.25, 0.3) is 5.91 Å². The van der Waals surface area contributed by atoms with Crippen molar-refractivity contribution < 1.29 is 4.79 Å². The Balaban J connectivity index is 2.82. The second-order valence-corrected chi connectivity index (χ2v) is 4.06. The summed E-state index contributed by atoms with van der Waals surface area (Å²) in [5.41, 5.74) is 5.02. The number of amides is 1. The average Bonchev–Trinajstić information content (AvgIpc) is 2.38. The highest BCUT2D eigenvalue weighted by Crippen LogP contribution is 2.25. The fraction of sp³-hybridized carbons (Fsp3) is 0.273. The summed E-state index contributed by atoms with van der Waals surface area (Å²) in [4.78, 5) is 12.1. The van der Waals surface area contributed by atoms with Crippen LogP contribution in [0.2, 0.25) is 0 Å². The summed E-state index contributed by atoms with van der Waals surface area (Å²) in [6.45, 7) is 6.03. The van der Waals surface area contributed by atoms with Crippen LogP contribution in [0.25, 0.3) is 0 Å². The molecule has 2 rings (SSSR count). The van der Waals surface area contributed by atoms with Crippen LogP contribution in [0.15, 0.2) is 6.07 Å². The molecule has 1 N–H and O–H groups in total. The first-order valence-electron chi connectivity index (χ1n) is 4.49. The van der Waals surface area contributed by atoms with Crippen LogP contribution < -0.4 is 5.32 Å². The first kappa shape index (κ1) is 9.34. The second-order valence-electron chi connectivity index (χ2n) is 3.65. The first-order valence-corrected chi connectivity index (χ1v) is 4.89. The highest BCUT2D eigenvalue weighted by molar-refractivity contribution is 7.80. The molecule has 1 aromatic rings. The lowest BCUT2D eigenvalue weighted by atomic mass is 9.95. The van der Waals surface area contributed by atoms with Gasteiger partial charge in [0.15, 0.2) is 0 Å². The maximum Gasteiger partial charge on any atom is 0.257 e. The Labute approximate surface area is 88.3 Å². The Morgan fingerprint density at radius 2 is 1.86 bits per heavy atom. The van der Waals surface area contributed by atoms with Crippen molar-refractivity contribution in [2.75, 3.05) is 0 Å². The molecule has 1 amide bonds. The molecular weight excluding hydrogens is 194 g/mol. The normalized spacial score (nSPS) is 14.2. The standard InChI is InChI=1S/C11H11NOS/c1-5-4-8-9(7(3)6(5)2)10(13)12-11(8)14/h4H,1-3H3,(H,12,13,14). The van der Waals surface area contributed by atoms with Crippen LogP contribution in [-0.4, -0.2) is 10.9 Å². The number of benzene rings is 1. The summed E-state index contributed by atoms with van der Waals surface area (Å²) in [6, 6.07) is 1.98. The molecule has 14 heavy (non-hydrogen) atoms. The van der Waals surface area contributed by atoms with Crippen LogP contribution in [0.5, 0.6) is 0 Å². The lowest BCUT2D eigenvalue weighted by molar-refractivity contribution is 0.0983. The number of carbonyl (C=O) groups excluding carboxylic acids is 1. The maximum atomic E-state index is 11.6. The number of rotatable bonds is 0. The van der Waals surface area contributed by atoms with Gasteiger partial charge in [-0.2, -0.15) is 0 Å². The Hall–Kier alpha value is -1.22. The average molecular weight is 205 g/mol. The van der Waals surface area contributed by atoms with Gasteiger partial charge in [-0.25, -0.2) is 0 Å². The first-order chi connectivity index (χ1) is 6.52. The van der Waals surface area contributed by atoms with E-state index in [0.717, 1.165) is 16.7 Å². The molecule has 0 bridgehead atoms. The Kier molecular flexibility index (Phi) is 1.93. The highest BCUT2D eigenvalue weighted by atomic mass is 32.1. The zero-order valence-corrected chi connectivity index (χ0v) is 9.21. The molecule has 0 saturated heterocycles. The third-order valence-electron chi connectivity index (χ3n) is 2.86. The highest BCUT2D eigenvalue weighted by Gasteiger charge is 2.26. The molecule has 0 atom stereocenters. The van der Waals surface area contributed by atoms with Crippen molar-refractivity contribution >= 4 is 23.1 Å². The van der Waals surface area contributed by atoms with Crippen molar-refractivity contribution in [2.45, 2.75) is 20.8 Å². The van der Waals surface area contributed by atoms with Gasteiger partial charge in [0.05, 0.1) is 5.56 Å². The third-order valence-corrected chi connectivity index (χ3v) is 3.18. The summed E-state index contributed by atoms with van der Waals surface area (Å²) in [5, 5.41) is 2.67. The monoisotopic (exact) mass is 205 g/mol. The van der Waals surface area contributed by atoms with Crippen LogP contribution in [0.3, 0.4) is 0 Å². The maximum absolute atomic E-state index is 11.6. The molecule has 0 radical (unpaired) electrons. The van der Waals surface area contributed by atoms with Gasteiger partial charge >= 0.3 is 0 Å². The van der Waals surface area contributed by atoms with Gasteiger partial charge in [0, 0.05) is 5.56 Å². The summed E-state index contributed by atoms with van der Waals surface area (Å²) in [5.74, 6) is -0.0643. The quantitative estimate of drug-likeness (QED) is 0.657. The number of hydrogen-bond donors (Lipinski definition) is 1. The van der Waals surface area contributed by atoms with Crippen molar-refractivity contribution in [3.63, 3.8) is 0 Å². The van der Waals surface area contributed by atoms with Crippen molar-refractivity contribution in [1.82, 2.24) is 5.32 Å². The van der Waals surface area contributed by atoms with Gasteiger partial charge in [-0.05, 0) is 43.5 Å². The molecule has 3 heteroatoms. The lowest BCUT2D eigenvalue weighted by Crippen LogP contribution is -2.19. The number of carbonyl (C=O) groups is 1. The molecule has 1 aliphatic heterocycles. The molecule has 0 unspecified atom stereocenters. The molecule has 0 spiro atoms. The minimum Gasteiger partial charge on any atom is -0.312 e. The molecular formula is C11H11NOS. The minimum absolute atomic E-state index is 0.0643. The summed E-state index contributed by atoms with van der Waals surface area (Å²) < 4.78 is 0. The van der Waals surface area contributed by atoms with Gasteiger partial charge < -0.3 is 5.32 Å². The van der Waals surface area contributed by atoms with Crippen LogP contribution in [-0.2, 0) is 0 Å². The van der Waals surface area contributed by atoms with E-state index in [0.29, 0.717) is 4.99 Å². The molecule has 1 aliphatic rings. The third kappa shape index (κ3) is 1.09. The molecule has 0 aliphatic carbocycles. The van der Waals surface area contributed by atoms with Gasteiger partial charge in [-0.3, -0.25) is 4.79 Å². The zero-order valence-electron chi connectivity index (χ0n) is 8.39. The summed E-state index contributed by atoms with van der Waals surface area (Å²) in [7, 11) is 0. The van der Waals surface area contributed by atoms with E-state index in [1.807, 2.05) is 26.8 Å². The molecule has 1 heterocycles. The Bertz CT molecular complexity index is 463. The molecule has 2 nitrogen and oxygen atoms in total. The van der Waals surface area contributed by atoms with E-state index >= 15 is 0 Å². The SMILES string of the molecule is Cc1cc2c(c(C)c1C)C(=O)NC2=S. The molecule has 0 saturated carbocycles. The van der Waals surface area contributed by atoms with Crippen LogP contribution in [0.4, 0.5) is 0 Å². The van der Waals surface area contributed by atoms with E-state index in [4.69, 9.17) is 12.2 Å². The van der Waals surface area contributed by atoms with E-state index in [2.05, 4.69) is 5.32 Å². The van der Waals surface area contributed by atoms with Gasteiger partial charge in [0.1, 0.15) is 4.99 Å². The lowest BCUT2D eigenvalue weighted by Gasteiger charge is -2.08. The van der Waals surface area contributed by atoms with Crippen molar-refractivity contribution in [3.05, 3.63) is 33.9 Å². The van der Waals surface area contributed by atoms with Crippen LogP contribution in [0, 0.1) is 20.8 Å². The zero-order chi connectivity index (χ0) is 10.5. The number of aryl methyl sites for hydroxylation is 1. The predicted octanol–water partition coefficient (Wildman–Crippen LogP) is 2.03. The van der Waals surface area contributed by atoms with E-state index in [9.17, 15) is 4.79 Å². The van der Waals surface area contributed by atoms with Gasteiger partial charge in [-0.15, -0.1) is 0 Å². The Morgan fingerprint density at radius 1 is 1.21 bits per heavy atom. The van der Waals surface area contributed by atoms with Gasteiger partial charge in [-0.1, -0.05) is 12.2 Å². The van der Waals surface area contributed by atoms with E-state index in [1.54, 1.807) is 0 Å². The van der Waals surface area contributed by atoms with E-state index in [1.165, 1.54) is 11.1 Å². The predicted molar refractivity (Wildman–Crippen MR) is 59.8 cm³/mol. The minimum atomic E-state index is -0.0643. The van der Waals surface area contributed by atoms with Crippen LogP contribution in [0.1, 0.15) is 32.6 Å². The molecule has 1 aromatic carbocycles. The number of nitrogens with one attached hydrogen (secondary N) is 1. The number of fused-ring (bicyclic) bond motifs is 1. The van der Waals surface area contributed by atoms with Crippen molar-refractivity contribution in [1.29, 1.82) is 0 Å². The number of thiocarbonyl (C=S) groups is 1. The van der Waals surface area contributed by atoms with E-state index in [-0.39, 0.29) is 5.91 Å². The van der Waals surface area contributed by atoms with Crippen LogP contribution >= 0.6 is 12.2 Å². The molecule has 72 valence electrons. The summed E-state index contributed by atoms with van der Waals surface area (Å²) >= 11 is 5.08. The molecule has 0 fully saturated rings. The largest absolute Gasteiger partial charge is 0.312 e. The number of hydrogen-bond acceptors (Lipinski definition) is 2. The fourth-order valence-electron chi connectivity index (χ4n) is 1.79. The Morgan fingerprint density at radius 3 is 2.50 bits per heavy atom. The topological polar surface area (TPSA) is 29.1 Å². The van der Waals surface area contributed by atoms with E-state index < -0.39 is 0 Å².